The molecule has 9 nitrogen and oxygen atoms in total. The van der Waals surface area contributed by atoms with E-state index < -0.39 is 12.5 Å². The number of amides is 3. The van der Waals surface area contributed by atoms with Crippen molar-refractivity contribution in [2.75, 3.05) is 49.2 Å². The monoisotopic (exact) mass is 523 g/mol. The van der Waals surface area contributed by atoms with Gasteiger partial charge in [-0.25, -0.2) is 23.5 Å². The lowest BCUT2D eigenvalue weighted by Crippen LogP contribution is -2.44. The SMILES string of the molecule is CC(=O)Nc1cc(Cc2ccc(NC(=O)Nc3ccc(CN4CCN(C)CC4)c(C(F)F)c3)cc2)ncn1. The van der Waals surface area contributed by atoms with Crippen molar-refractivity contribution in [1.29, 1.82) is 0 Å². The largest absolute Gasteiger partial charge is 0.323 e. The molecule has 3 aromatic rings. The maximum absolute atomic E-state index is 13.8. The Morgan fingerprint density at radius 2 is 1.61 bits per heavy atom. The van der Waals surface area contributed by atoms with E-state index in [9.17, 15) is 18.4 Å². The van der Waals surface area contributed by atoms with Gasteiger partial charge in [0.05, 0.1) is 5.69 Å². The first kappa shape index (κ1) is 27.1. The summed E-state index contributed by atoms with van der Waals surface area (Å²) < 4.78 is 27.6. The second kappa shape index (κ2) is 12.5. The van der Waals surface area contributed by atoms with Crippen molar-refractivity contribution in [2.24, 2.45) is 0 Å². The van der Waals surface area contributed by atoms with Gasteiger partial charge in [-0.15, -0.1) is 0 Å². The number of anilines is 3. The third kappa shape index (κ3) is 7.77. The Morgan fingerprint density at radius 3 is 2.29 bits per heavy atom. The number of urea groups is 1. The molecule has 1 aliphatic rings. The molecule has 0 aliphatic carbocycles. The summed E-state index contributed by atoms with van der Waals surface area (Å²) in [6.45, 7) is 5.34. The van der Waals surface area contributed by atoms with Crippen LogP contribution >= 0.6 is 0 Å². The highest BCUT2D eigenvalue weighted by Crippen LogP contribution is 2.28. The van der Waals surface area contributed by atoms with Crippen LogP contribution in [0.15, 0.2) is 54.9 Å². The molecule has 3 amide bonds. The first-order valence-electron chi connectivity index (χ1n) is 12.3. The number of hydrogen-bond acceptors (Lipinski definition) is 6. The zero-order valence-electron chi connectivity index (χ0n) is 21.4. The van der Waals surface area contributed by atoms with Gasteiger partial charge < -0.3 is 20.9 Å². The van der Waals surface area contributed by atoms with E-state index in [4.69, 9.17) is 0 Å². The van der Waals surface area contributed by atoms with Gasteiger partial charge in [-0.1, -0.05) is 18.2 Å². The molecule has 11 heteroatoms. The summed E-state index contributed by atoms with van der Waals surface area (Å²) in [5.41, 5.74) is 3.02. The van der Waals surface area contributed by atoms with Crippen LogP contribution in [0.5, 0.6) is 0 Å². The van der Waals surface area contributed by atoms with E-state index >= 15 is 0 Å². The van der Waals surface area contributed by atoms with E-state index in [0.29, 0.717) is 35.7 Å². The molecule has 0 radical (unpaired) electrons. The third-order valence-corrected chi connectivity index (χ3v) is 6.25. The highest BCUT2D eigenvalue weighted by molar-refractivity contribution is 5.99. The van der Waals surface area contributed by atoms with Crippen molar-refractivity contribution in [1.82, 2.24) is 19.8 Å². The molecule has 38 heavy (non-hydrogen) atoms. The molecule has 4 rings (SSSR count). The fraction of sp³-hybridized carbons (Fsp3) is 0.333. The quantitative estimate of drug-likeness (QED) is 0.406. The van der Waals surface area contributed by atoms with Crippen LogP contribution in [0, 0.1) is 0 Å². The van der Waals surface area contributed by atoms with Crippen LogP contribution in [0.2, 0.25) is 0 Å². The highest BCUT2D eigenvalue weighted by Gasteiger charge is 2.19. The minimum atomic E-state index is -2.64. The maximum atomic E-state index is 13.8. The number of nitrogens with zero attached hydrogens (tertiary/aromatic N) is 4. The lowest BCUT2D eigenvalue weighted by molar-refractivity contribution is -0.114. The number of rotatable bonds is 8. The number of aromatic nitrogens is 2. The second-order valence-corrected chi connectivity index (χ2v) is 9.32. The maximum Gasteiger partial charge on any atom is 0.323 e. The van der Waals surface area contributed by atoms with E-state index in [1.807, 2.05) is 19.2 Å². The minimum Gasteiger partial charge on any atom is -0.311 e. The van der Waals surface area contributed by atoms with E-state index in [1.165, 1.54) is 19.3 Å². The van der Waals surface area contributed by atoms with Gasteiger partial charge in [0.2, 0.25) is 5.91 Å². The number of carbonyl (C=O) groups excluding carboxylic acids is 2. The zero-order chi connectivity index (χ0) is 27.1. The van der Waals surface area contributed by atoms with Crippen LogP contribution in [-0.4, -0.2) is 64.9 Å². The number of nitrogens with one attached hydrogen (secondary N) is 3. The van der Waals surface area contributed by atoms with Gasteiger partial charge in [-0.3, -0.25) is 9.69 Å². The zero-order valence-corrected chi connectivity index (χ0v) is 21.4. The molecule has 0 bridgehead atoms. The summed E-state index contributed by atoms with van der Waals surface area (Å²) in [7, 11) is 2.05. The van der Waals surface area contributed by atoms with Gasteiger partial charge in [-0.2, -0.15) is 0 Å². The highest BCUT2D eigenvalue weighted by atomic mass is 19.3. The van der Waals surface area contributed by atoms with Gasteiger partial charge in [0.1, 0.15) is 12.1 Å². The van der Waals surface area contributed by atoms with Crippen molar-refractivity contribution >= 4 is 29.1 Å². The minimum absolute atomic E-state index is 0.0718. The van der Waals surface area contributed by atoms with Gasteiger partial charge in [-0.05, 0) is 42.4 Å². The lowest BCUT2D eigenvalue weighted by atomic mass is 10.1. The summed E-state index contributed by atoms with van der Waals surface area (Å²) >= 11 is 0. The Bertz CT molecular complexity index is 1260. The number of likely N-dealkylation sites (N-methyl/N-ethyl adjacent to an activating group) is 1. The fourth-order valence-corrected chi connectivity index (χ4v) is 4.22. The number of benzene rings is 2. The molecule has 2 aromatic carbocycles. The third-order valence-electron chi connectivity index (χ3n) is 6.25. The van der Waals surface area contributed by atoms with E-state index in [2.05, 4.69) is 35.7 Å². The van der Waals surface area contributed by atoms with Crippen molar-refractivity contribution < 1.29 is 18.4 Å². The number of carbonyl (C=O) groups is 2. The van der Waals surface area contributed by atoms with E-state index in [1.54, 1.807) is 30.3 Å². The Morgan fingerprint density at radius 1 is 0.921 bits per heavy atom. The molecule has 1 saturated heterocycles. The average Bonchev–Trinajstić information content (AvgIpc) is 2.87. The number of piperazine rings is 1. The molecule has 0 spiro atoms. The first-order chi connectivity index (χ1) is 18.2. The van der Waals surface area contributed by atoms with Gasteiger partial charge in [0, 0.05) is 69.1 Å². The lowest BCUT2D eigenvalue weighted by Gasteiger charge is -2.32. The van der Waals surface area contributed by atoms with Gasteiger partial charge >= 0.3 is 6.03 Å². The normalized spacial score (nSPS) is 14.3. The van der Waals surface area contributed by atoms with E-state index in [-0.39, 0.29) is 11.5 Å². The Balaban J connectivity index is 1.34. The van der Waals surface area contributed by atoms with Crippen LogP contribution in [0.25, 0.3) is 0 Å². The van der Waals surface area contributed by atoms with Crippen molar-refractivity contribution in [3.05, 3.63) is 77.2 Å². The molecule has 1 fully saturated rings. The summed E-state index contributed by atoms with van der Waals surface area (Å²) in [6, 6.07) is 13.0. The molecule has 2 heterocycles. The standard InChI is InChI=1S/C27H31F2N7O2/c1-18(37)32-25-15-23(30-17-31-25)13-19-3-6-21(7-4-19)33-27(38)34-22-8-5-20(24(14-22)26(28)29)16-36-11-9-35(2)10-12-36/h3-8,14-15,17,26H,9-13,16H2,1-2H3,(H2,33,34,38)(H,30,31,32,37). The summed E-state index contributed by atoms with van der Waals surface area (Å²) in [6.07, 6.45) is -0.739. The topological polar surface area (TPSA) is 102 Å². The summed E-state index contributed by atoms with van der Waals surface area (Å²) in [5, 5.41) is 7.99. The average molecular weight is 524 g/mol. The predicted octanol–water partition coefficient (Wildman–Crippen LogP) is 4.35. The van der Waals surface area contributed by atoms with Crippen LogP contribution in [0.1, 0.15) is 35.7 Å². The van der Waals surface area contributed by atoms with Gasteiger partial charge in [0.25, 0.3) is 6.43 Å². The Labute approximate surface area is 220 Å². The smallest absolute Gasteiger partial charge is 0.311 e. The predicted molar refractivity (Wildman–Crippen MR) is 142 cm³/mol. The number of alkyl halides is 2. The van der Waals surface area contributed by atoms with Crippen LogP contribution in [0.3, 0.4) is 0 Å². The number of hydrogen-bond donors (Lipinski definition) is 3. The van der Waals surface area contributed by atoms with Crippen molar-refractivity contribution in [3.63, 3.8) is 0 Å². The molecule has 200 valence electrons. The molecular formula is C27H31F2N7O2. The molecule has 0 atom stereocenters. The van der Waals surface area contributed by atoms with Crippen LogP contribution < -0.4 is 16.0 Å². The molecule has 3 N–H and O–H groups in total. The van der Waals surface area contributed by atoms with E-state index in [0.717, 1.165) is 37.4 Å². The molecule has 1 aromatic heterocycles. The first-order valence-corrected chi connectivity index (χ1v) is 12.3. The van der Waals surface area contributed by atoms with Crippen molar-refractivity contribution in [3.8, 4) is 0 Å². The molecule has 1 aliphatic heterocycles. The summed E-state index contributed by atoms with van der Waals surface area (Å²) in [5.74, 6) is 0.218. The molecule has 0 unspecified atom stereocenters. The fourth-order valence-electron chi connectivity index (χ4n) is 4.22. The second-order valence-electron chi connectivity index (χ2n) is 9.32. The Hall–Kier alpha value is -3.96. The van der Waals surface area contributed by atoms with Gasteiger partial charge in [0.15, 0.2) is 0 Å². The van der Waals surface area contributed by atoms with Crippen molar-refractivity contribution in [2.45, 2.75) is 26.3 Å². The van der Waals surface area contributed by atoms with Crippen LogP contribution in [0.4, 0.5) is 30.8 Å². The molecule has 0 saturated carbocycles. The molecular weight excluding hydrogens is 492 g/mol. The Kier molecular flexibility index (Phi) is 8.93. The number of halogens is 2. The van der Waals surface area contributed by atoms with Crippen LogP contribution in [-0.2, 0) is 17.8 Å². The summed E-state index contributed by atoms with van der Waals surface area (Å²) in [4.78, 5) is 36.4.